The maximum atomic E-state index is 3.70. The van der Waals surface area contributed by atoms with Crippen LogP contribution in [0.5, 0.6) is 0 Å². The lowest BCUT2D eigenvalue weighted by atomic mass is 10.2. The molecule has 1 N–H and O–H groups in total. The van der Waals surface area contributed by atoms with Gasteiger partial charge in [-0.25, -0.2) is 0 Å². The van der Waals surface area contributed by atoms with E-state index in [1.807, 2.05) is 11.3 Å². The van der Waals surface area contributed by atoms with Crippen LogP contribution < -0.4 is 5.32 Å². The zero-order valence-electron chi connectivity index (χ0n) is 8.42. The summed E-state index contributed by atoms with van der Waals surface area (Å²) in [5, 5.41) is 5.85. The third-order valence-corrected chi connectivity index (χ3v) is 4.93. The first-order valence-electron chi connectivity index (χ1n) is 5.26. The Kier molecular flexibility index (Phi) is 3.63. The summed E-state index contributed by atoms with van der Waals surface area (Å²) in [5.74, 6) is 0. The molecule has 1 fully saturated rings. The summed E-state index contributed by atoms with van der Waals surface area (Å²) >= 11 is 5.42. The molecule has 1 aliphatic carbocycles. The third kappa shape index (κ3) is 2.38. The molecule has 0 aliphatic heterocycles. The third-order valence-electron chi connectivity index (χ3n) is 2.88. The van der Waals surface area contributed by atoms with Crippen molar-refractivity contribution >= 4 is 27.3 Å². The molecule has 1 heterocycles. The minimum Gasteiger partial charge on any atom is -0.307 e. The van der Waals surface area contributed by atoms with Crippen LogP contribution in [0.2, 0.25) is 0 Å². The Morgan fingerprint density at radius 1 is 1.50 bits per heavy atom. The molecule has 0 spiro atoms. The number of rotatable bonds is 3. The summed E-state index contributed by atoms with van der Waals surface area (Å²) in [4.78, 5) is 1.43. The van der Waals surface area contributed by atoms with Gasteiger partial charge >= 0.3 is 0 Å². The molecule has 0 amide bonds. The molecular formula is C11H16BrNS. The number of nitrogens with one attached hydrogen (secondary N) is 1. The molecule has 1 aromatic heterocycles. The van der Waals surface area contributed by atoms with Crippen molar-refractivity contribution in [2.24, 2.45) is 0 Å². The van der Waals surface area contributed by atoms with Gasteiger partial charge in [-0.3, -0.25) is 0 Å². The molecule has 14 heavy (non-hydrogen) atoms. The molecule has 1 nitrogen and oxygen atoms in total. The minimum absolute atomic E-state index is 0.493. The molecule has 2 rings (SSSR count). The molecule has 78 valence electrons. The molecule has 1 unspecified atom stereocenters. The van der Waals surface area contributed by atoms with E-state index in [4.69, 9.17) is 0 Å². The fourth-order valence-corrected chi connectivity index (χ4v) is 3.87. The first-order valence-corrected chi connectivity index (χ1v) is 6.93. The van der Waals surface area contributed by atoms with Crippen molar-refractivity contribution < 1.29 is 0 Å². The summed E-state index contributed by atoms with van der Waals surface area (Å²) in [6, 6.07) is 3.37. The molecule has 0 saturated heterocycles. The van der Waals surface area contributed by atoms with Gasteiger partial charge in [-0.1, -0.05) is 12.8 Å². The van der Waals surface area contributed by atoms with Crippen LogP contribution in [-0.2, 0) is 0 Å². The van der Waals surface area contributed by atoms with Crippen molar-refractivity contribution in [3.63, 3.8) is 0 Å². The Morgan fingerprint density at radius 2 is 2.21 bits per heavy atom. The van der Waals surface area contributed by atoms with Gasteiger partial charge in [-0.15, -0.1) is 11.3 Å². The fourth-order valence-electron chi connectivity index (χ4n) is 2.14. The second kappa shape index (κ2) is 4.77. The van der Waals surface area contributed by atoms with Crippen LogP contribution in [0.4, 0.5) is 0 Å². The first-order chi connectivity index (χ1) is 6.77. The number of thiophene rings is 1. The van der Waals surface area contributed by atoms with Crippen LogP contribution in [0.3, 0.4) is 0 Å². The van der Waals surface area contributed by atoms with Crippen molar-refractivity contribution in [3.05, 3.63) is 20.8 Å². The highest BCUT2D eigenvalue weighted by molar-refractivity contribution is 9.10. The minimum atomic E-state index is 0.493. The molecule has 1 aromatic rings. The molecule has 1 atom stereocenters. The summed E-state index contributed by atoms with van der Waals surface area (Å²) < 4.78 is 1.25. The summed E-state index contributed by atoms with van der Waals surface area (Å²) in [7, 11) is 0. The molecule has 3 heteroatoms. The molecule has 0 aromatic carbocycles. The maximum absolute atomic E-state index is 3.70. The van der Waals surface area contributed by atoms with Crippen molar-refractivity contribution in [1.82, 2.24) is 5.32 Å². The van der Waals surface area contributed by atoms with Crippen molar-refractivity contribution in [2.45, 2.75) is 44.7 Å². The number of hydrogen-bond donors (Lipinski definition) is 1. The molecule has 0 radical (unpaired) electrons. The Labute approximate surface area is 98.0 Å². The SMILES string of the molecule is CC(NC1CCCC1)c1sccc1Br. The van der Waals surface area contributed by atoms with E-state index in [9.17, 15) is 0 Å². The van der Waals surface area contributed by atoms with Crippen molar-refractivity contribution in [1.29, 1.82) is 0 Å². The number of halogens is 1. The maximum Gasteiger partial charge on any atom is 0.0399 e. The quantitative estimate of drug-likeness (QED) is 0.874. The normalized spacial score (nSPS) is 20.1. The van der Waals surface area contributed by atoms with Gasteiger partial charge in [0.15, 0.2) is 0 Å². The Hall–Kier alpha value is 0.140. The predicted octanol–water partition coefficient (Wildman–Crippen LogP) is 4.10. The van der Waals surface area contributed by atoms with Gasteiger partial charge in [-0.2, -0.15) is 0 Å². The summed E-state index contributed by atoms with van der Waals surface area (Å²) in [6.45, 7) is 2.26. The van der Waals surface area contributed by atoms with Crippen molar-refractivity contribution in [2.75, 3.05) is 0 Å². The van der Waals surface area contributed by atoms with E-state index in [1.54, 1.807) is 0 Å². The van der Waals surface area contributed by atoms with E-state index < -0.39 is 0 Å². The monoisotopic (exact) mass is 273 g/mol. The summed E-state index contributed by atoms with van der Waals surface area (Å²) in [6.07, 6.45) is 5.51. The lowest BCUT2D eigenvalue weighted by Crippen LogP contribution is -2.28. The van der Waals surface area contributed by atoms with Gasteiger partial charge in [0, 0.05) is 21.4 Å². The van der Waals surface area contributed by atoms with Crippen molar-refractivity contribution in [3.8, 4) is 0 Å². The van der Waals surface area contributed by atoms with E-state index >= 15 is 0 Å². The van der Waals surface area contributed by atoms with E-state index in [1.165, 1.54) is 35.0 Å². The van der Waals surface area contributed by atoms with Gasteiger partial charge in [0.2, 0.25) is 0 Å². The molecule has 1 saturated carbocycles. The van der Waals surface area contributed by atoms with Crippen LogP contribution in [0.1, 0.15) is 43.5 Å². The second-order valence-electron chi connectivity index (χ2n) is 4.00. The van der Waals surface area contributed by atoms with Gasteiger partial charge < -0.3 is 5.32 Å². The molecular weight excluding hydrogens is 258 g/mol. The number of hydrogen-bond acceptors (Lipinski definition) is 2. The average Bonchev–Trinajstić information content (AvgIpc) is 2.75. The van der Waals surface area contributed by atoms with E-state index in [-0.39, 0.29) is 0 Å². The van der Waals surface area contributed by atoms with Gasteiger partial charge in [0.05, 0.1) is 0 Å². The highest BCUT2D eigenvalue weighted by atomic mass is 79.9. The second-order valence-corrected chi connectivity index (χ2v) is 5.80. The first kappa shape index (κ1) is 10.7. The average molecular weight is 274 g/mol. The molecule has 0 bridgehead atoms. The highest BCUT2D eigenvalue weighted by Crippen LogP contribution is 2.30. The van der Waals surface area contributed by atoms with Crippen LogP contribution in [0.15, 0.2) is 15.9 Å². The zero-order valence-corrected chi connectivity index (χ0v) is 10.8. The van der Waals surface area contributed by atoms with Gasteiger partial charge in [0.25, 0.3) is 0 Å². The standard InChI is InChI=1S/C11H16BrNS/c1-8(11-10(12)6-7-14-11)13-9-4-2-3-5-9/h6-9,13H,2-5H2,1H3. The van der Waals surface area contributed by atoms with E-state index in [0.29, 0.717) is 6.04 Å². The zero-order chi connectivity index (χ0) is 9.97. The Bertz CT molecular complexity index is 291. The van der Waals surface area contributed by atoms with Crippen LogP contribution in [-0.4, -0.2) is 6.04 Å². The fraction of sp³-hybridized carbons (Fsp3) is 0.636. The van der Waals surface area contributed by atoms with Gasteiger partial charge in [0.1, 0.15) is 0 Å². The topological polar surface area (TPSA) is 12.0 Å². The Balaban J connectivity index is 1.95. The van der Waals surface area contributed by atoms with Crippen LogP contribution in [0.25, 0.3) is 0 Å². The lowest BCUT2D eigenvalue weighted by molar-refractivity contribution is 0.465. The summed E-state index contributed by atoms with van der Waals surface area (Å²) in [5.41, 5.74) is 0. The molecule has 1 aliphatic rings. The van der Waals surface area contributed by atoms with E-state index in [0.717, 1.165) is 6.04 Å². The van der Waals surface area contributed by atoms with Crippen LogP contribution >= 0.6 is 27.3 Å². The highest BCUT2D eigenvalue weighted by Gasteiger charge is 2.19. The smallest absolute Gasteiger partial charge is 0.0399 e. The largest absolute Gasteiger partial charge is 0.307 e. The Morgan fingerprint density at radius 3 is 2.79 bits per heavy atom. The van der Waals surface area contributed by atoms with Crippen LogP contribution in [0, 0.1) is 0 Å². The van der Waals surface area contributed by atoms with Gasteiger partial charge in [-0.05, 0) is 47.1 Å². The van der Waals surface area contributed by atoms with E-state index in [2.05, 4.69) is 39.6 Å². The lowest BCUT2D eigenvalue weighted by Gasteiger charge is -2.18. The predicted molar refractivity (Wildman–Crippen MR) is 65.8 cm³/mol.